The highest BCUT2D eigenvalue weighted by atomic mass is 14.4. The third-order valence-electron chi connectivity index (χ3n) is 4.83. The fraction of sp³-hybridized carbons (Fsp3) is 0.529. The van der Waals surface area contributed by atoms with E-state index in [9.17, 15) is 0 Å². The molecule has 0 heterocycles. The Hall–Kier alpha value is -1.04. The van der Waals surface area contributed by atoms with Gasteiger partial charge in [0.2, 0.25) is 0 Å². The summed E-state index contributed by atoms with van der Waals surface area (Å²) < 4.78 is 0. The molecule has 0 aromatic heterocycles. The Bertz CT molecular complexity index is 490. The van der Waals surface area contributed by atoms with Crippen molar-refractivity contribution in [2.24, 2.45) is 11.3 Å². The van der Waals surface area contributed by atoms with Crippen molar-refractivity contribution < 1.29 is 0 Å². The van der Waals surface area contributed by atoms with Crippen LogP contribution in [-0.4, -0.2) is 0 Å². The highest BCUT2D eigenvalue weighted by Crippen LogP contribution is 2.52. The number of hydrogen-bond donors (Lipinski definition) is 0. The standard InChI is InChI=1S/C17H24/c1-10-8-11(2)15(9-10)16-13(4)12(3)14(5)17(16,6)7/h8-9,15H,1-7H3. The van der Waals surface area contributed by atoms with Crippen molar-refractivity contribution in [3.8, 4) is 0 Å². The van der Waals surface area contributed by atoms with Gasteiger partial charge >= 0.3 is 0 Å². The van der Waals surface area contributed by atoms with Gasteiger partial charge in [-0.25, -0.2) is 0 Å². The molecule has 0 spiro atoms. The summed E-state index contributed by atoms with van der Waals surface area (Å²) in [5, 5.41) is 0. The van der Waals surface area contributed by atoms with Crippen LogP contribution in [0.25, 0.3) is 0 Å². The minimum Gasteiger partial charge on any atom is -0.0703 e. The molecule has 0 aromatic carbocycles. The van der Waals surface area contributed by atoms with E-state index in [0.29, 0.717) is 5.92 Å². The molecule has 2 aliphatic carbocycles. The average molecular weight is 228 g/mol. The van der Waals surface area contributed by atoms with Crippen LogP contribution in [0.3, 0.4) is 0 Å². The first kappa shape index (κ1) is 12.4. The van der Waals surface area contributed by atoms with E-state index < -0.39 is 0 Å². The maximum atomic E-state index is 2.42. The summed E-state index contributed by atoms with van der Waals surface area (Å²) in [4.78, 5) is 0. The van der Waals surface area contributed by atoms with Crippen LogP contribution in [0, 0.1) is 11.3 Å². The summed E-state index contributed by atoms with van der Waals surface area (Å²) in [5.41, 5.74) is 9.27. The quantitative estimate of drug-likeness (QED) is 0.578. The van der Waals surface area contributed by atoms with E-state index in [-0.39, 0.29) is 5.41 Å². The molecule has 2 aliphatic rings. The Labute approximate surface area is 106 Å². The van der Waals surface area contributed by atoms with Gasteiger partial charge in [-0.2, -0.15) is 0 Å². The molecule has 0 heteroatoms. The monoisotopic (exact) mass is 228 g/mol. The zero-order valence-electron chi connectivity index (χ0n) is 12.2. The summed E-state index contributed by atoms with van der Waals surface area (Å²) >= 11 is 0. The molecular weight excluding hydrogens is 204 g/mol. The maximum absolute atomic E-state index is 2.42. The Morgan fingerprint density at radius 1 is 0.941 bits per heavy atom. The molecule has 0 fully saturated rings. The van der Waals surface area contributed by atoms with Gasteiger partial charge in [0.25, 0.3) is 0 Å². The van der Waals surface area contributed by atoms with E-state index in [1.54, 1.807) is 5.57 Å². The van der Waals surface area contributed by atoms with Crippen molar-refractivity contribution in [2.75, 3.05) is 0 Å². The second-order valence-corrected chi connectivity index (χ2v) is 6.19. The molecular formula is C17H24. The summed E-state index contributed by atoms with van der Waals surface area (Å²) in [7, 11) is 0. The fourth-order valence-corrected chi connectivity index (χ4v) is 3.45. The highest BCUT2D eigenvalue weighted by Gasteiger charge is 2.38. The molecule has 0 saturated carbocycles. The van der Waals surface area contributed by atoms with Crippen molar-refractivity contribution in [2.45, 2.75) is 48.5 Å². The first-order chi connectivity index (χ1) is 7.76. The highest BCUT2D eigenvalue weighted by molar-refractivity contribution is 5.55. The van der Waals surface area contributed by atoms with E-state index in [2.05, 4.69) is 60.6 Å². The van der Waals surface area contributed by atoms with E-state index in [0.717, 1.165) is 0 Å². The topological polar surface area (TPSA) is 0 Å². The van der Waals surface area contributed by atoms with Gasteiger partial charge in [-0.05, 0) is 51.3 Å². The summed E-state index contributed by atoms with van der Waals surface area (Å²) in [6, 6.07) is 0. The predicted octanol–water partition coefficient (Wildman–Crippen LogP) is 5.20. The zero-order valence-corrected chi connectivity index (χ0v) is 12.2. The lowest BCUT2D eigenvalue weighted by atomic mass is 9.74. The van der Waals surface area contributed by atoms with E-state index in [1.165, 1.54) is 27.9 Å². The van der Waals surface area contributed by atoms with Crippen LogP contribution in [0.2, 0.25) is 0 Å². The maximum Gasteiger partial charge on any atom is 0.0207 e. The zero-order chi connectivity index (χ0) is 13.0. The normalized spacial score (nSPS) is 27.8. The van der Waals surface area contributed by atoms with E-state index >= 15 is 0 Å². The van der Waals surface area contributed by atoms with Crippen molar-refractivity contribution in [1.82, 2.24) is 0 Å². The van der Waals surface area contributed by atoms with Crippen molar-refractivity contribution in [1.29, 1.82) is 0 Å². The lowest BCUT2D eigenvalue weighted by molar-refractivity contribution is 0.508. The van der Waals surface area contributed by atoms with Crippen LogP contribution in [0.1, 0.15) is 48.5 Å². The van der Waals surface area contributed by atoms with Gasteiger partial charge < -0.3 is 0 Å². The minimum atomic E-state index is 0.217. The van der Waals surface area contributed by atoms with Crippen LogP contribution < -0.4 is 0 Å². The van der Waals surface area contributed by atoms with Crippen LogP contribution in [0.4, 0.5) is 0 Å². The predicted molar refractivity (Wildman–Crippen MR) is 75.9 cm³/mol. The summed E-state index contributed by atoms with van der Waals surface area (Å²) in [5.74, 6) is 0.525. The first-order valence-electron chi connectivity index (χ1n) is 6.53. The van der Waals surface area contributed by atoms with Gasteiger partial charge in [0.05, 0.1) is 0 Å². The Balaban J connectivity index is 2.53. The molecule has 1 unspecified atom stereocenters. The molecule has 0 aromatic rings. The molecule has 92 valence electrons. The van der Waals surface area contributed by atoms with Gasteiger partial charge in [-0.3, -0.25) is 0 Å². The Kier molecular flexibility index (Phi) is 2.72. The number of rotatable bonds is 1. The van der Waals surface area contributed by atoms with Crippen LogP contribution in [0.5, 0.6) is 0 Å². The molecule has 0 N–H and O–H groups in total. The fourth-order valence-electron chi connectivity index (χ4n) is 3.45. The van der Waals surface area contributed by atoms with Gasteiger partial charge in [-0.15, -0.1) is 0 Å². The van der Waals surface area contributed by atoms with E-state index in [4.69, 9.17) is 0 Å². The van der Waals surface area contributed by atoms with Crippen molar-refractivity contribution in [3.05, 3.63) is 45.6 Å². The molecule has 0 nitrogen and oxygen atoms in total. The van der Waals surface area contributed by atoms with Gasteiger partial charge in [0.1, 0.15) is 0 Å². The molecule has 17 heavy (non-hydrogen) atoms. The molecule has 0 radical (unpaired) electrons. The van der Waals surface area contributed by atoms with Crippen LogP contribution in [-0.2, 0) is 0 Å². The second-order valence-electron chi connectivity index (χ2n) is 6.19. The lowest BCUT2D eigenvalue weighted by Gasteiger charge is -2.30. The lowest BCUT2D eigenvalue weighted by Crippen LogP contribution is -2.19. The number of allylic oxidation sites excluding steroid dienone is 8. The molecule has 0 amide bonds. The van der Waals surface area contributed by atoms with Gasteiger partial charge in [-0.1, -0.05) is 42.7 Å². The van der Waals surface area contributed by atoms with Crippen LogP contribution >= 0.6 is 0 Å². The van der Waals surface area contributed by atoms with Crippen molar-refractivity contribution in [3.63, 3.8) is 0 Å². The molecule has 1 atom stereocenters. The average Bonchev–Trinajstić information content (AvgIpc) is 2.61. The first-order valence-corrected chi connectivity index (χ1v) is 6.53. The largest absolute Gasteiger partial charge is 0.0703 e. The van der Waals surface area contributed by atoms with E-state index in [1.807, 2.05) is 0 Å². The van der Waals surface area contributed by atoms with Gasteiger partial charge in [0.15, 0.2) is 0 Å². The summed E-state index contributed by atoms with van der Waals surface area (Å²) in [6.45, 7) is 16.0. The Morgan fingerprint density at radius 3 is 1.88 bits per heavy atom. The number of hydrogen-bond acceptors (Lipinski definition) is 0. The minimum absolute atomic E-state index is 0.217. The molecule has 0 saturated heterocycles. The van der Waals surface area contributed by atoms with Gasteiger partial charge in [0, 0.05) is 11.3 Å². The molecule has 0 aliphatic heterocycles. The molecule has 0 bridgehead atoms. The SMILES string of the molecule is CC1=CC(C2=C(C)C(C)=C(C)C2(C)C)C(C)=C1. The second kappa shape index (κ2) is 3.73. The van der Waals surface area contributed by atoms with Crippen LogP contribution in [0.15, 0.2) is 45.6 Å². The molecule has 2 rings (SSSR count). The smallest absolute Gasteiger partial charge is 0.0207 e. The third-order valence-corrected chi connectivity index (χ3v) is 4.83. The van der Waals surface area contributed by atoms with Crippen molar-refractivity contribution >= 4 is 0 Å². The summed E-state index contributed by atoms with van der Waals surface area (Å²) in [6.07, 6.45) is 4.74. The third kappa shape index (κ3) is 1.66. The Morgan fingerprint density at radius 2 is 1.53 bits per heavy atom.